The predicted octanol–water partition coefficient (Wildman–Crippen LogP) is 0.776. The van der Waals surface area contributed by atoms with Crippen LogP contribution < -0.4 is 0 Å². The van der Waals surface area contributed by atoms with Crippen molar-refractivity contribution in [3.63, 3.8) is 0 Å². The van der Waals surface area contributed by atoms with Crippen molar-refractivity contribution in [3.8, 4) is 0 Å². The van der Waals surface area contributed by atoms with E-state index in [9.17, 15) is 4.79 Å². The third-order valence-corrected chi connectivity index (χ3v) is 2.27. The first-order valence-corrected chi connectivity index (χ1v) is 4.78. The van der Waals surface area contributed by atoms with Gasteiger partial charge in [0, 0.05) is 7.11 Å². The molecule has 0 fully saturated rings. The van der Waals surface area contributed by atoms with E-state index >= 15 is 0 Å². The van der Waals surface area contributed by atoms with Crippen LogP contribution in [0.3, 0.4) is 0 Å². The SMILES string of the molecule is COCCn1nnc2ccc(C(=O)O)cc21. The minimum Gasteiger partial charge on any atom is -0.478 e. The molecule has 0 aliphatic carbocycles. The van der Waals surface area contributed by atoms with Gasteiger partial charge in [-0.25, -0.2) is 9.48 Å². The second-order valence-corrected chi connectivity index (χ2v) is 3.31. The molecule has 84 valence electrons. The molecule has 2 rings (SSSR count). The summed E-state index contributed by atoms with van der Waals surface area (Å²) in [6, 6.07) is 4.72. The molecule has 0 aliphatic rings. The molecule has 0 radical (unpaired) electrons. The van der Waals surface area contributed by atoms with Crippen LogP contribution in [-0.4, -0.2) is 39.8 Å². The summed E-state index contributed by atoms with van der Waals surface area (Å²) >= 11 is 0. The fourth-order valence-corrected chi connectivity index (χ4v) is 1.44. The van der Waals surface area contributed by atoms with E-state index < -0.39 is 5.97 Å². The molecule has 16 heavy (non-hydrogen) atoms. The Kier molecular flexibility index (Phi) is 2.82. The molecule has 1 heterocycles. The first kappa shape index (κ1) is 10.6. The number of nitrogens with zero attached hydrogens (tertiary/aromatic N) is 3. The Hall–Kier alpha value is -1.95. The van der Waals surface area contributed by atoms with E-state index in [-0.39, 0.29) is 5.56 Å². The molecular formula is C10H11N3O3. The molecule has 0 bridgehead atoms. The van der Waals surface area contributed by atoms with E-state index in [0.29, 0.717) is 24.2 Å². The van der Waals surface area contributed by atoms with Gasteiger partial charge in [-0.1, -0.05) is 5.21 Å². The average Bonchev–Trinajstić information content (AvgIpc) is 2.68. The molecule has 0 atom stereocenters. The van der Waals surface area contributed by atoms with Gasteiger partial charge >= 0.3 is 5.97 Å². The highest BCUT2D eigenvalue weighted by molar-refractivity contribution is 5.92. The van der Waals surface area contributed by atoms with Crippen molar-refractivity contribution in [2.24, 2.45) is 0 Å². The van der Waals surface area contributed by atoms with Gasteiger partial charge in [0.2, 0.25) is 0 Å². The lowest BCUT2D eigenvalue weighted by atomic mass is 10.2. The van der Waals surface area contributed by atoms with Crippen LogP contribution >= 0.6 is 0 Å². The van der Waals surface area contributed by atoms with Gasteiger partial charge in [0.25, 0.3) is 0 Å². The predicted molar refractivity (Wildman–Crippen MR) is 56.4 cm³/mol. The Morgan fingerprint density at radius 2 is 2.38 bits per heavy atom. The van der Waals surface area contributed by atoms with Crippen LogP contribution in [0.1, 0.15) is 10.4 Å². The smallest absolute Gasteiger partial charge is 0.335 e. The van der Waals surface area contributed by atoms with Crippen molar-refractivity contribution in [1.82, 2.24) is 15.0 Å². The molecule has 1 N–H and O–H groups in total. The fourth-order valence-electron chi connectivity index (χ4n) is 1.44. The zero-order valence-electron chi connectivity index (χ0n) is 8.75. The third-order valence-electron chi connectivity index (χ3n) is 2.27. The van der Waals surface area contributed by atoms with Crippen LogP contribution in [0, 0.1) is 0 Å². The molecule has 0 amide bonds. The summed E-state index contributed by atoms with van der Waals surface area (Å²) in [5.41, 5.74) is 1.62. The maximum atomic E-state index is 10.8. The Morgan fingerprint density at radius 3 is 3.06 bits per heavy atom. The Labute approximate surface area is 91.4 Å². The summed E-state index contributed by atoms with van der Waals surface area (Å²) in [5, 5.41) is 16.7. The summed E-state index contributed by atoms with van der Waals surface area (Å²) in [5.74, 6) is -0.957. The second-order valence-electron chi connectivity index (χ2n) is 3.31. The maximum Gasteiger partial charge on any atom is 0.335 e. The number of carboxylic acids is 1. The number of hydrogen-bond donors (Lipinski definition) is 1. The summed E-state index contributed by atoms with van der Waals surface area (Å²) in [4.78, 5) is 10.8. The Bertz CT molecular complexity index is 521. The van der Waals surface area contributed by atoms with Crippen molar-refractivity contribution in [1.29, 1.82) is 0 Å². The zero-order valence-corrected chi connectivity index (χ0v) is 8.75. The van der Waals surface area contributed by atoms with Gasteiger partial charge < -0.3 is 9.84 Å². The topological polar surface area (TPSA) is 77.2 Å². The lowest BCUT2D eigenvalue weighted by molar-refractivity contribution is 0.0697. The third kappa shape index (κ3) is 1.87. The van der Waals surface area contributed by atoms with Crippen molar-refractivity contribution < 1.29 is 14.6 Å². The van der Waals surface area contributed by atoms with E-state index in [2.05, 4.69) is 10.3 Å². The van der Waals surface area contributed by atoms with Gasteiger partial charge in [0.05, 0.1) is 24.2 Å². The minimum atomic E-state index is -0.957. The highest BCUT2D eigenvalue weighted by Crippen LogP contribution is 2.13. The summed E-state index contributed by atoms with van der Waals surface area (Å²) in [6.07, 6.45) is 0. The molecule has 0 unspecified atom stereocenters. The number of carboxylic acid groups (broad SMARTS) is 1. The van der Waals surface area contributed by atoms with E-state index in [1.807, 2.05) is 0 Å². The molecule has 1 aromatic carbocycles. The monoisotopic (exact) mass is 221 g/mol. The van der Waals surface area contributed by atoms with Crippen molar-refractivity contribution in [2.75, 3.05) is 13.7 Å². The minimum absolute atomic E-state index is 0.230. The quantitative estimate of drug-likeness (QED) is 0.825. The molecule has 0 spiro atoms. The largest absolute Gasteiger partial charge is 0.478 e. The van der Waals surface area contributed by atoms with Gasteiger partial charge in [0.1, 0.15) is 5.52 Å². The van der Waals surface area contributed by atoms with E-state index in [1.54, 1.807) is 23.9 Å². The summed E-state index contributed by atoms with van der Waals surface area (Å²) in [6.45, 7) is 1.06. The lowest BCUT2D eigenvalue weighted by Gasteiger charge is -2.01. The number of hydrogen-bond acceptors (Lipinski definition) is 4. The first-order valence-electron chi connectivity index (χ1n) is 4.78. The maximum absolute atomic E-state index is 10.8. The van der Waals surface area contributed by atoms with Crippen molar-refractivity contribution >= 4 is 17.0 Å². The highest BCUT2D eigenvalue weighted by Gasteiger charge is 2.08. The normalized spacial score (nSPS) is 10.8. The average molecular weight is 221 g/mol. The number of carbonyl (C=O) groups is 1. The Balaban J connectivity index is 2.43. The number of benzene rings is 1. The summed E-state index contributed by atoms with van der Waals surface area (Å²) < 4.78 is 6.57. The molecule has 2 aromatic rings. The molecule has 6 nitrogen and oxygen atoms in total. The number of aromatic nitrogens is 3. The number of ether oxygens (including phenoxy) is 1. The molecule has 6 heteroatoms. The molecule has 1 aromatic heterocycles. The zero-order chi connectivity index (χ0) is 11.5. The number of rotatable bonds is 4. The lowest BCUT2D eigenvalue weighted by Crippen LogP contribution is -2.06. The van der Waals surface area contributed by atoms with E-state index in [1.165, 1.54) is 6.07 Å². The van der Waals surface area contributed by atoms with Gasteiger partial charge in [-0.3, -0.25) is 0 Å². The first-order chi connectivity index (χ1) is 7.72. The summed E-state index contributed by atoms with van der Waals surface area (Å²) in [7, 11) is 1.60. The van der Waals surface area contributed by atoms with Gasteiger partial charge in [-0.15, -0.1) is 5.10 Å². The van der Waals surface area contributed by atoms with E-state index in [4.69, 9.17) is 9.84 Å². The van der Waals surface area contributed by atoms with Crippen molar-refractivity contribution in [3.05, 3.63) is 23.8 Å². The fraction of sp³-hybridized carbons (Fsp3) is 0.300. The number of methoxy groups -OCH3 is 1. The standard InChI is InChI=1S/C10H11N3O3/c1-16-5-4-13-9-6-7(10(14)15)2-3-8(9)11-12-13/h2-3,6H,4-5H2,1H3,(H,14,15). The van der Waals surface area contributed by atoms with Crippen LogP contribution in [-0.2, 0) is 11.3 Å². The molecule has 0 aliphatic heterocycles. The van der Waals surface area contributed by atoms with Crippen LogP contribution in [0.15, 0.2) is 18.2 Å². The van der Waals surface area contributed by atoms with E-state index in [0.717, 1.165) is 0 Å². The van der Waals surface area contributed by atoms with Crippen LogP contribution in [0.25, 0.3) is 11.0 Å². The Morgan fingerprint density at radius 1 is 1.56 bits per heavy atom. The molecule has 0 saturated heterocycles. The van der Waals surface area contributed by atoms with Crippen LogP contribution in [0.4, 0.5) is 0 Å². The second kappa shape index (κ2) is 4.28. The molecular weight excluding hydrogens is 210 g/mol. The van der Waals surface area contributed by atoms with Crippen LogP contribution in [0.5, 0.6) is 0 Å². The number of fused-ring (bicyclic) bond motifs is 1. The van der Waals surface area contributed by atoms with Crippen molar-refractivity contribution in [2.45, 2.75) is 6.54 Å². The highest BCUT2D eigenvalue weighted by atomic mass is 16.5. The number of aromatic carboxylic acids is 1. The van der Waals surface area contributed by atoms with Crippen LogP contribution in [0.2, 0.25) is 0 Å². The van der Waals surface area contributed by atoms with Gasteiger partial charge in [0.15, 0.2) is 0 Å². The molecule has 0 saturated carbocycles. The van der Waals surface area contributed by atoms with Gasteiger partial charge in [-0.2, -0.15) is 0 Å². The van der Waals surface area contributed by atoms with Gasteiger partial charge in [-0.05, 0) is 18.2 Å².